The molecule has 0 saturated heterocycles. The molecule has 0 aliphatic rings. The van der Waals surface area contributed by atoms with Gasteiger partial charge in [0, 0.05) is 17.6 Å². The molecule has 0 atom stereocenters. The summed E-state index contributed by atoms with van der Waals surface area (Å²) in [5.74, 6) is 0. The summed E-state index contributed by atoms with van der Waals surface area (Å²) in [5, 5.41) is 5.13. The van der Waals surface area contributed by atoms with E-state index in [1.165, 1.54) is 16.8 Å². The van der Waals surface area contributed by atoms with Gasteiger partial charge in [0.15, 0.2) is 0 Å². The second kappa shape index (κ2) is 3.87. The van der Waals surface area contributed by atoms with Gasteiger partial charge in [-0.1, -0.05) is 17.7 Å². The van der Waals surface area contributed by atoms with Crippen molar-refractivity contribution in [2.75, 3.05) is 7.05 Å². The monoisotopic (exact) mass is 222 g/mol. The zero-order valence-corrected chi connectivity index (χ0v) is 10.00. The Kier molecular flexibility index (Phi) is 2.72. The Morgan fingerprint density at radius 1 is 1.33 bits per heavy atom. The van der Waals surface area contributed by atoms with Gasteiger partial charge in [-0.2, -0.15) is 0 Å². The van der Waals surface area contributed by atoms with Crippen molar-refractivity contribution in [2.45, 2.75) is 20.4 Å². The van der Waals surface area contributed by atoms with Crippen molar-refractivity contribution in [1.29, 1.82) is 0 Å². The highest BCUT2D eigenvalue weighted by Crippen LogP contribution is 2.30. The van der Waals surface area contributed by atoms with Crippen LogP contribution >= 0.6 is 11.6 Å². The number of aryl methyl sites for hydroxylation is 2. The molecular weight excluding hydrogens is 208 g/mol. The van der Waals surface area contributed by atoms with Crippen LogP contribution in [0, 0.1) is 13.8 Å². The second-order valence-electron chi connectivity index (χ2n) is 3.87. The van der Waals surface area contributed by atoms with Crippen LogP contribution in [-0.2, 0) is 6.54 Å². The van der Waals surface area contributed by atoms with Crippen LogP contribution in [0.3, 0.4) is 0 Å². The van der Waals surface area contributed by atoms with E-state index in [0.29, 0.717) is 0 Å². The maximum absolute atomic E-state index is 6.21. The summed E-state index contributed by atoms with van der Waals surface area (Å²) in [4.78, 5) is 3.43. The van der Waals surface area contributed by atoms with E-state index in [4.69, 9.17) is 11.6 Å². The molecule has 2 rings (SSSR count). The molecule has 80 valence electrons. The Morgan fingerprint density at radius 3 is 2.67 bits per heavy atom. The van der Waals surface area contributed by atoms with Gasteiger partial charge in [0.2, 0.25) is 0 Å². The van der Waals surface area contributed by atoms with Crippen molar-refractivity contribution >= 4 is 22.5 Å². The van der Waals surface area contributed by atoms with Gasteiger partial charge in [0.1, 0.15) is 0 Å². The van der Waals surface area contributed by atoms with Gasteiger partial charge in [0.25, 0.3) is 0 Å². The highest BCUT2D eigenvalue weighted by Gasteiger charge is 2.11. The van der Waals surface area contributed by atoms with Crippen LogP contribution < -0.4 is 5.32 Å². The number of H-pyrrole nitrogens is 1. The van der Waals surface area contributed by atoms with E-state index in [1.807, 2.05) is 19.2 Å². The summed E-state index contributed by atoms with van der Waals surface area (Å²) in [6.07, 6.45) is 0. The lowest BCUT2D eigenvalue weighted by molar-refractivity contribution is 0.794. The first kappa shape index (κ1) is 10.5. The van der Waals surface area contributed by atoms with Gasteiger partial charge in [-0.3, -0.25) is 0 Å². The summed E-state index contributed by atoms with van der Waals surface area (Å²) < 4.78 is 0. The molecule has 0 radical (unpaired) electrons. The molecule has 0 fully saturated rings. The van der Waals surface area contributed by atoms with Crippen LogP contribution in [0.25, 0.3) is 10.9 Å². The van der Waals surface area contributed by atoms with Gasteiger partial charge < -0.3 is 10.3 Å². The smallest absolute Gasteiger partial charge is 0.0504 e. The average molecular weight is 223 g/mol. The predicted molar refractivity (Wildman–Crippen MR) is 65.5 cm³/mol. The van der Waals surface area contributed by atoms with Gasteiger partial charge in [-0.25, -0.2) is 0 Å². The van der Waals surface area contributed by atoms with Crippen molar-refractivity contribution in [2.24, 2.45) is 0 Å². The van der Waals surface area contributed by atoms with E-state index in [1.54, 1.807) is 0 Å². The largest absolute Gasteiger partial charge is 0.357 e. The third-order valence-corrected chi connectivity index (χ3v) is 3.13. The number of fused-ring (bicyclic) bond motifs is 1. The number of halogens is 1. The van der Waals surface area contributed by atoms with Crippen LogP contribution in [0.1, 0.15) is 16.8 Å². The third-order valence-electron chi connectivity index (χ3n) is 2.82. The molecule has 2 aromatic rings. The van der Waals surface area contributed by atoms with Gasteiger partial charge in [0.05, 0.1) is 10.5 Å². The number of nitrogens with one attached hydrogen (secondary N) is 2. The van der Waals surface area contributed by atoms with E-state index < -0.39 is 0 Å². The van der Waals surface area contributed by atoms with Crippen molar-refractivity contribution in [1.82, 2.24) is 10.3 Å². The first-order valence-corrected chi connectivity index (χ1v) is 5.43. The maximum atomic E-state index is 6.21. The normalized spacial score (nSPS) is 11.2. The fourth-order valence-electron chi connectivity index (χ4n) is 1.96. The molecule has 0 aliphatic carbocycles. The zero-order valence-electron chi connectivity index (χ0n) is 9.24. The molecule has 3 heteroatoms. The van der Waals surface area contributed by atoms with Crippen LogP contribution in [0.2, 0.25) is 5.02 Å². The molecule has 1 aromatic carbocycles. The van der Waals surface area contributed by atoms with Crippen molar-refractivity contribution < 1.29 is 0 Å². The summed E-state index contributed by atoms with van der Waals surface area (Å²) >= 11 is 6.21. The molecule has 0 amide bonds. The molecule has 0 aliphatic heterocycles. The second-order valence-corrected chi connectivity index (χ2v) is 4.28. The van der Waals surface area contributed by atoms with E-state index in [-0.39, 0.29) is 0 Å². The van der Waals surface area contributed by atoms with Crippen LogP contribution in [0.5, 0.6) is 0 Å². The Hall–Kier alpha value is -0.990. The summed E-state index contributed by atoms with van der Waals surface area (Å²) in [7, 11) is 1.94. The summed E-state index contributed by atoms with van der Waals surface area (Å²) in [5.41, 5.74) is 4.85. The van der Waals surface area contributed by atoms with Crippen molar-refractivity contribution in [3.63, 3.8) is 0 Å². The maximum Gasteiger partial charge on any atom is 0.0504 e. The lowest BCUT2D eigenvalue weighted by Gasteiger charge is -1.99. The van der Waals surface area contributed by atoms with E-state index >= 15 is 0 Å². The first-order valence-electron chi connectivity index (χ1n) is 5.06. The van der Waals surface area contributed by atoms with Crippen LogP contribution in [-0.4, -0.2) is 12.0 Å². The Labute approximate surface area is 94.6 Å². The van der Waals surface area contributed by atoms with Crippen molar-refractivity contribution in [3.05, 3.63) is 34.0 Å². The Morgan fingerprint density at radius 2 is 2.07 bits per heavy atom. The topological polar surface area (TPSA) is 27.8 Å². The molecule has 15 heavy (non-hydrogen) atoms. The lowest BCUT2D eigenvalue weighted by Crippen LogP contribution is -2.06. The SMILES string of the molecule is CNCc1[nH]c2c(C)ccc(Cl)c2c1C. The highest BCUT2D eigenvalue weighted by molar-refractivity contribution is 6.35. The molecule has 2 N–H and O–H groups in total. The fraction of sp³-hybridized carbons (Fsp3) is 0.333. The molecule has 0 unspecified atom stereocenters. The van der Waals surface area contributed by atoms with Crippen molar-refractivity contribution in [3.8, 4) is 0 Å². The Balaban J connectivity index is 2.75. The van der Waals surface area contributed by atoms with E-state index in [0.717, 1.165) is 22.5 Å². The number of benzene rings is 1. The number of rotatable bonds is 2. The van der Waals surface area contributed by atoms with Crippen LogP contribution in [0.4, 0.5) is 0 Å². The summed E-state index contributed by atoms with van der Waals surface area (Å²) in [6, 6.07) is 4.01. The number of aromatic amines is 1. The van der Waals surface area contributed by atoms with E-state index in [2.05, 4.69) is 24.1 Å². The third kappa shape index (κ3) is 1.64. The minimum Gasteiger partial charge on any atom is -0.357 e. The zero-order chi connectivity index (χ0) is 11.0. The highest BCUT2D eigenvalue weighted by atomic mass is 35.5. The van der Waals surface area contributed by atoms with Crippen LogP contribution in [0.15, 0.2) is 12.1 Å². The first-order chi connectivity index (χ1) is 7.15. The van der Waals surface area contributed by atoms with Gasteiger partial charge in [-0.05, 0) is 38.1 Å². The molecular formula is C12H15ClN2. The van der Waals surface area contributed by atoms with Gasteiger partial charge in [-0.15, -0.1) is 0 Å². The molecule has 0 spiro atoms. The molecule has 0 bridgehead atoms. The minimum absolute atomic E-state index is 0.826. The number of aromatic nitrogens is 1. The number of hydrogen-bond donors (Lipinski definition) is 2. The molecule has 0 saturated carbocycles. The fourth-order valence-corrected chi connectivity index (χ4v) is 2.26. The quantitative estimate of drug-likeness (QED) is 0.803. The lowest BCUT2D eigenvalue weighted by atomic mass is 10.1. The van der Waals surface area contributed by atoms with Gasteiger partial charge >= 0.3 is 0 Å². The Bertz CT molecular complexity index is 500. The standard InChI is InChI=1S/C12H15ClN2/c1-7-4-5-9(13)11-8(2)10(6-14-3)15-12(7)11/h4-5,14-15H,6H2,1-3H3. The predicted octanol–water partition coefficient (Wildman–Crippen LogP) is 3.16. The molecule has 1 aromatic heterocycles. The minimum atomic E-state index is 0.826. The number of hydrogen-bond acceptors (Lipinski definition) is 1. The van der Waals surface area contributed by atoms with E-state index in [9.17, 15) is 0 Å². The molecule has 1 heterocycles. The average Bonchev–Trinajstić information content (AvgIpc) is 2.53. The summed E-state index contributed by atoms with van der Waals surface area (Å²) in [6.45, 7) is 5.05. The molecule has 2 nitrogen and oxygen atoms in total.